The Kier molecular flexibility index (Phi) is 5.41. The van der Waals surface area contributed by atoms with Gasteiger partial charge in [-0.3, -0.25) is 4.79 Å². The maximum absolute atomic E-state index is 13.2. The second-order valence-electron chi connectivity index (χ2n) is 4.96. The molecular formula is C17H19FN2O3. The monoisotopic (exact) mass is 318 g/mol. The van der Waals surface area contributed by atoms with E-state index in [1.165, 1.54) is 26.4 Å². The summed E-state index contributed by atoms with van der Waals surface area (Å²) in [7, 11) is 3.07. The van der Waals surface area contributed by atoms with Crippen molar-refractivity contribution in [3.8, 4) is 11.5 Å². The fraction of sp³-hybridized carbons (Fsp3) is 0.235. The summed E-state index contributed by atoms with van der Waals surface area (Å²) >= 11 is 0. The van der Waals surface area contributed by atoms with Gasteiger partial charge in [0, 0.05) is 29.6 Å². The summed E-state index contributed by atoms with van der Waals surface area (Å²) in [6.07, 6.45) is 0. The molecule has 2 N–H and O–H groups in total. The number of anilines is 2. The van der Waals surface area contributed by atoms with Crippen molar-refractivity contribution in [2.75, 3.05) is 31.4 Å². The molecule has 6 heteroatoms. The van der Waals surface area contributed by atoms with Crippen LogP contribution in [0.15, 0.2) is 36.4 Å². The van der Waals surface area contributed by atoms with E-state index in [0.717, 1.165) is 5.56 Å². The van der Waals surface area contributed by atoms with Crippen molar-refractivity contribution in [3.05, 3.63) is 47.8 Å². The number of carbonyl (C=O) groups is 1. The Morgan fingerprint density at radius 3 is 2.35 bits per heavy atom. The molecule has 0 unspecified atom stereocenters. The van der Waals surface area contributed by atoms with Gasteiger partial charge < -0.3 is 20.1 Å². The molecule has 0 saturated carbocycles. The van der Waals surface area contributed by atoms with E-state index in [9.17, 15) is 9.18 Å². The molecule has 0 aliphatic rings. The molecule has 5 nitrogen and oxygen atoms in total. The van der Waals surface area contributed by atoms with Crippen molar-refractivity contribution < 1.29 is 18.7 Å². The Balaban J connectivity index is 2.01. The van der Waals surface area contributed by atoms with E-state index < -0.39 is 0 Å². The zero-order valence-corrected chi connectivity index (χ0v) is 13.3. The number of nitrogens with one attached hydrogen (secondary N) is 2. The lowest BCUT2D eigenvalue weighted by molar-refractivity contribution is -0.114. The average molecular weight is 318 g/mol. The topological polar surface area (TPSA) is 59.6 Å². The molecule has 122 valence electrons. The van der Waals surface area contributed by atoms with Gasteiger partial charge >= 0.3 is 0 Å². The lowest BCUT2D eigenvalue weighted by atomic mass is 10.2. The predicted octanol–water partition coefficient (Wildman–Crippen LogP) is 3.20. The number of carbonyl (C=O) groups excluding carboxylic acids is 1. The van der Waals surface area contributed by atoms with Crippen molar-refractivity contribution in [2.45, 2.75) is 6.92 Å². The van der Waals surface area contributed by atoms with Crippen LogP contribution in [-0.4, -0.2) is 26.7 Å². The van der Waals surface area contributed by atoms with Crippen LogP contribution in [0.4, 0.5) is 15.8 Å². The smallest absolute Gasteiger partial charge is 0.243 e. The summed E-state index contributed by atoms with van der Waals surface area (Å²) in [5.74, 6) is 0.544. The third-order valence-corrected chi connectivity index (χ3v) is 3.27. The summed E-state index contributed by atoms with van der Waals surface area (Å²) in [6, 6.07) is 9.48. The normalized spacial score (nSPS) is 10.1. The van der Waals surface area contributed by atoms with E-state index in [0.29, 0.717) is 22.9 Å². The van der Waals surface area contributed by atoms with E-state index in [1.54, 1.807) is 24.3 Å². The van der Waals surface area contributed by atoms with Gasteiger partial charge in [0.2, 0.25) is 5.91 Å². The van der Waals surface area contributed by atoms with Crippen LogP contribution in [0.3, 0.4) is 0 Å². The number of hydrogen-bond donors (Lipinski definition) is 2. The van der Waals surface area contributed by atoms with Crippen LogP contribution in [-0.2, 0) is 4.79 Å². The van der Waals surface area contributed by atoms with Gasteiger partial charge in [0.1, 0.15) is 17.3 Å². The number of ether oxygens (including phenoxy) is 2. The molecule has 2 rings (SSSR count). The van der Waals surface area contributed by atoms with E-state index in [1.807, 2.05) is 6.92 Å². The highest BCUT2D eigenvalue weighted by Crippen LogP contribution is 2.25. The summed E-state index contributed by atoms with van der Waals surface area (Å²) in [4.78, 5) is 12.0. The molecule has 0 bridgehead atoms. The van der Waals surface area contributed by atoms with Crippen LogP contribution in [0.1, 0.15) is 5.56 Å². The highest BCUT2D eigenvalue weighted by molar-refractivity contribution is 5.94. The van der Waals surface area contributed by atoms with Gasteiger partial charge in [-0.15, -0.1) is 0 Å². The summed E-state index contributed by atoms with van der Waals surface area (Å²) in [6.45, 7) is 1.86. The van der Waals surface area contributed by atoms with Gasteiger partial charge in [0.15, 0.2) is 0 Å². The first kappa shape index (κ1) is 16.6. The molecule has 0 aromatic heterocycles. The molecule has 2 aromatic carbocycles. The fourth-order valence-corrected chi connectivity index (χ4v) is 2.04. The predicted molar refractivity (Wildman–Crippen MR) is 87.8 cm³/mol. The molecule has 0 aliphatic carbocycles. The molecule has 0 spiro atoms. The van der Waals surface area contributed by atoms with Crippen LogP contribution >= 0.6 is 0 Å². The van der Waals surface area contributed by atoms with Gasteiger partial charge in [-0.25, -0.2) is 4.39 Å². The first-order valence-corrected chi connectivity index (χ1v) is 7.05. The van der Waals surface area contributed by atoms with Crippen molar-refractivity contribution in [3.63, 3.8) is 0 Å². The zero-order valence-electron chi connectivity index (χ0n) is 13.3. The quantitative estimate of drug-likeness (QED) is 0.859. The second kappa shape index (κ2) is 7.49. The molecule has 1 amide bonds. The Hall–Kier alpha value is -2.76. The van der Waals surface area contributed by atoms with E-state index in [4.69, 9.17) is 9.47 Å². The van der Waals surface area contributed by atoms with Crippen molar-refractivity contribution in [2.24, 2.45) is 0 Å². The number of benzene rings is 2. The van der Waals surface area contributed by atoms with Gasteiger partial charge in [-0.05, 0) is 24.6 Å². The molecular weight excluding hydrogens is 299 g/mol. The van der Waals surface area contributed by atoms with Crippen molar-refractivity contribution >= 4 is 17.3 Å². The Morgan fingerprint density at radius 1 is 1.09 bits per heavy atom. The molecule has 0 radical (unpaired) electrons. The minimum atomic E-state index is -0.351. The SMILES string of the molecule is COc1cc(NC(=O)CNc2cc(F)ccc2C)cc(OC)c1. The maximum Gasteiger partial charge on any atom is 0.243 e. The van der Waals surface area contributed by atoms with Crippen molar-refractivity contribution in [1.29, 1.82) is 0 Å². The number of rotatable bonds is 6. The van der Waals surface area contributed by atoms with Gasteiger partial charge in [0.25, 0.3) is 0 Å². The number of hydrogen-bond acceptors (Lipinski definition) is 4. The molecule has 0 saturated heterocycles. The lowest BCUT2D eigenvalue weighted by Gasteiger charge is -2.12. The average Bonchev–Trinajstić information content (AvgIpc) is 2.55. The van der Waals surface area contributed by atoms with Crippen LogP contribution in [0.2, 0.25) is 0 Å². The van der Waals surface area contributed by atoms with E-state index in [2.05, 4.69) is 10.6 Å². The fourth-order valence-electron chi connectivity index (χ4n) is 2.04. The number of aryl methyl sites for hydroxylation is 1. The molecule has 0 atom stereocenters. The zero-order chi connectivity index (χ0) is 16.8. The summed E-state index contributed by atoms with van der Waals surface area (Å²) in [5.41, 5.74) is 2.01. The summed E-state index contributed by atoms with van der Waals surface area (Å²) < 4.78 is 23.5. The molecule has 0 heterocycles. The Morgan fingerprint density at radius 2 is 1.74 bits per heavy atom. The molecule has 0 fully saturated rings. The van der Waals surface area contributed by atoms with E-state index >= 15 is 0 Å². The molecule has 0 aliphatic heterocycles. The third kappa shape index (κ3) is 4.60. The highest BCUT2D eigenvalue weighted by atomic mass is 19.1. The van der Waals surface area contributed by atoms with Crippen LogP contribution in [0, 0.1) is 12.7 Å². The largest absolute Gasteiger partial charge is 0.497 e. The first-order valence-electron chi connectivity index (χ1n) is 7.05. The highest BCUT2D eigenvalue weighted by Gasteiger charge is 2.07. The summed E-state index contributed by atoms with van der Waals surface area (Å²) in [5, 5.41) is 5.66. The van der Waals surface area contributed by atoms with Crippen LogP contribution in [0.25, 0.3) is 0 Å². The van der Waals surface area contributed by atoms with E-state index in [-0.39, 0.29) is 18.3 Å². The number of halogens is 1. The third-order valence-electron chi connectivity index (χ3n) is 3.27. The van der Waals surface area contributed by atoms with Gasteiger partial charge in [-0.1, -0.05) is 6.07 Å². The van der Waals surface area contributed by atoms with Crippen molar-refractivity contribution in [1.82, 2.24) is 0 Å². The van der Waals surface area contributed by atoms with Crippen LogP contribution < -0.4 is 20.1 Å². The van der Waals surface area contributed by atoms with Gasteiger partial charge in [-0.2, -0.15) is 0 Å². The molecule has 2 aromatic rings. The second-order valence-corrected chi connectivity index (χ2v) is 4.96. The lowest BCUT2D eigenvalue weighted by Crippen LogP contribution is -2.22. The minimum absolute atomic E-state index is 0.0177. The Bertz CT molecular complexity index is 682. The number of amides is 1. The standard InChI is InChI=1S/C17H19FN2O3/c1-11-4-5-12(18)6-16(11)19-10-17(21)20-13-7-14(22-2)9-15(8-13)23-3/h4-9,19H,10H2,1-3H3,(H,20,21). The van der Waals surface area contributed by atoms with Crippen LogP contribution in [0.5, 0.6) is 11.5 Å². The molecule has 23 heavy (non-hydrogen) atoms. The minimum Gasteiger partial charge on any atom is -0.497 e. The van der Waals surface area contributed by atoms with Gasteiger partial charge in [0.05, 0.1) is 20.8 Å². The maximum atomic E-state index is 13.2. The first-order chi connectivity index (χ1) is 11.0. The number of methoxy groups -OCH3 is 2. The Labute approximate surface area is 134 Å².